The third-order valence-corrected chi connectivity index (χ3v) is 6.05. The van der Waals surface area contributed by atoms with Crippen LogP contribution in [0.25, 0.3) is 0 Å². The van der Waals surface area contributed by atoms with Crippen molar-refractivity contribution in [1.29, 1.82) is 0 Å². The first-order chi connectivity index (χ1) is 9.19. The molecule has 3 rings (SSSR count). The second-order valence-electron chi connectivity index (χ2n) is 7.38. The van der Waals surface area contributed by atoms with Crippen molar-refractivity contribution >= 4 is 0 Å². The van der Waals surface area contributed by atoms with E-state index in [0.29, 0.717) is 5.41 Å². The summed E-state index contributed by atoms with van der Waals surface area (Å²) in [7, 11) is 4.67. The Balaban J connectivity index is 1.51. The summed E-state index contributed by atoms with van der Waals surface area (Å²) in [5.74, 6) is 0. The standard InChI is InChI=1S/C16H31N3/c1-18-11-3-4-14(18)5-6-15-12-16(13-19(15)2)7-9-17-10-8-16/h14-15,17H,3-13H2,1-2H3. The predicted molar refractivity (Wildman–Crippen MR) is 80.5 cm³/mol. The molecule has 3 aliphatic rings. The van der Waals surface area contributed by atoms with Crippen LogP contribution >= 0.6 is 0 Å². The lowest BCUT2D eigenvalue weighted by Gasteiger charge is -2.33. The van der Waals surface area contributed by atoms with Gasteiger partial charge in [-0.05, 0) is 84.1 Å². The van der Waals surface area contributed by atoms with Gasteiger partial charge in [0, 0.05) is 18.6 Å². The Bertz CT molecular complexity index is 298. The topological polar surface area (TPSA) is 18.5 Å². The fourth-order valence-electron chi connectivity index (χ4n) is 4.75. The molecule has 0 radical (unpaired) electrons. The molecular formula is C16H31N3. The van der Waals surface area contributed by atoms with Crippen molar-refractivity contribution in [2.45, 2.75) is 57.0 Å². The summed E-state index contributed by atoms with van der Waals surface area (Å²) in [6.45, 7) is 5.15. The van der Waals surface area contributed by atoms with Gasteiger partial charge in [-0.3, -0.25) is 0 Å². The maximum atomic E-state index is 3.52. The summed E-state index contributed by atoms with van der Waals surface area (Å²) < 4.78 is 0. The van der Waals surface area contributed by atoms with Crippen LogP contribution in [0.3, 0.4) is 0 Å². The minimum atomic E-state index is 0.659. The third kappa shape index (κ3) is 2.98. The van der Waals surface area contributed by atoms with Gasteiger partial charge in [-0.25, -0.2) is 0 Å². The molecule has 2 unspecified atom stereocenters. The van der Waals surface area contributed by atoms with Crippen LogP contribution in [-0.2, 0) is 0 Å². The average Bonchev–Trinajstić information content (AvgIpc) is 2.93. The minimum Gasteiger partial charge on any atom is -0.317 e. The first kappa shape index (κ1) is 13.8. The molecule has 0 saturated carbocycles. The highest BCUT2D eigenvalue weighted by Gasteiger charge is 2.42. The van der Waals surface area contributed by atoms with E-state index in [2.05, 4.69) is 29.2 Å². The van der Waals surface area contributed by atoms with Crippen LogP contribution in [0.15, 0.2) is 0 Å². The molecular weight excluding hydrogens is 234 g/mol. The van der Waals surface area contributed by atoms with E-state index in [4.69, 9.17) is 0 Å². The summed E-state index contributed by atoms with van der Waals surface area (Å²) in [5, 5.41) is 3.52. The number of likely N-dealkylation sites (tertiary alicyclic amines) is 2. The summed E-state index contributed by atoms with van der Waals surface area (Å²) in [6, 6.07) is 1.73. The van der Waals surface area contributed by atoms with Gasteiger partial charge in [-0.2, -0.15) is 0 Å². The van der Waals surface area contributed by atoms with E-state index in [1.54, 1.807) is 0 Å². The van der Waals surface area contributed by atoms with E-state index in [-0.39, 0.29) is 0 Å². The highest BCUT2D eigenvalue weighted by atomic mass is 15.2. The van der Waals surface area contributed by atoms with Gasteiger partial charge in [-0.15, -0.1) is 0 Å². The van der Waals surface area contributed by atoms with Gasteiger partial charge < -0.3 is 15.1 Å². The monoisotopic (exact) mass is 265 g/mol. The number of hydrogen-bond acceptors (Lipinski definition) is 3. The first-order valence-corrected chi connectivity index (χ1v) is 8.30. The van der Waals surface area contributed by atoms with Crippen molar-refractivity contribution in [2.75, 3.05) is 40.3 Å². The van der Waals surface area contributed by atoms with E-state index in [9.17, 15) is 0 Å². The molecule has 110 valence electrons. The maximum Gasteiger partial charge on any atom is 0.00988 e. The average molecular weight is 265 g/mol. The van der Waals surface area contributed by atoms with Crippen molar-refractivity contribution in [1.82, 2.24) is 15.1 Å². The lowest BCUT2D eigenvalue weighted by atomic mass is 9.77. The summed E-state index contributed by atoms with van der Waals surface area (Å²) in [6.07, 6.45) is 9.94. The zero-order valence-electron chi connectivity index (χ0n) is 12.8. The molecule has 0 aromatic carbocycles. The molecule has 0 aromatic heterocycles. The molecule has 19 heavy (non-hydrogen) atoms. The normalized spacial score (nSPS) is 36.3. The second kappa shape index (κ2) is 5.71. The van der Waals surface area contributed by atoms with Gasteiger partial charge in [-0.1, -0.05) is 0 Å². The number of rotatable bonds is 3. The van der Waals surface area contributed by atoms with Crippen LogP contribution in [0, 0.1) is 5.41 Å². The molecule has 1 N–H and O–H groups in total. The van der Waals surface area contributed by atoms with E-state index < -0.39 is 0 Å². The van der Waals surface area contributed by atoms with Gasteiger partial charge in [0.25, 0.3) is 0 Å². The molecule has 2 atom stereocenters. The summed E-state index contributed by atoms with van der Waals surface area (Å²) in [4.78, 5) is 5.25. The fraction of sp³-hybridized carbons (Fsp3) is 1.00. The highest BCUT2D eigenvalue weighted by Crippen LogP contribution is 2.42. The number of nitrogens with zero attached hydrogens (tertiary/aromatic N) is 2. The Hall–Kier alpha value is -0.120. The number of hydrogen-bond donors (Lipinski definition) is 1. The minimum absolute atomic E-state index is 0.659. The number of piperidine rings is 1. The predicted octanol–water partition coefficient (Wildman–Crippen LogP) is 1.93. The first-order valence-electron chi connectivity index (χ1n) is 8.30. The number of nitrogens with one attached hydrogen (secondary N) is 1. The smallest absolute Gasteiger partial charge is 0.00988 e. The van der Waals surface area contributed by atoms with Crippen LogP contribution in [0.4, 0.5) is 0 Å². The SMILES string of the molecule is CN1CCCC1CCC1CC2(CCNCC2)CN1C. The Morgan fingerprint density at radius 2 is 1.79 bits per heavy atom. The van der Waals surface area contributed by atoms with Crippen LogP contribution in [0.2, 0.25) is 0 Å². The Morgan fingerprint density at radius 3 is 2.47 bits per heavy atom. The summed E-state index contributed by atoms with van der Waals surface area (Å²) in [5.41, 5.74) is 0.659. The van der Waals surface area contributed by atoms with E-state index in [0.717, 1.165) is 12.1 Å². The van der Waals surface area contributed by atoms with Crippen molar-refractivity contribution in [3.63, 3.8) is 0 Å². The van der Waals surface area contributed by atoms with Crippen molar-refractivity contribution in [3.8, 4) is 0 Å². The van der Waals surface area contributed by atoms with Crippen LogP contribution in [-0.4, -0.2) is 62.2 Å². The lowest BCUT2D eigenvalue weighted by Crippen LogP contribution is -2.38. The maximum absolute atomic E-state index is 3.52. The Kier molecular flexibility index (Phi) is 4.16. The molecule has 3 heteroatoms. The van der Waals surface area contributed by atoms with Crippen LogP contribution in [0.5, 0.6) is 0 Å². The quantitative estimate of drug-likeness (QED) is 0.841. The molecule has 0 amide bonds. The summed E-state index contributed by atoms with van der Waals surface area (Å²) >= 11 is 0. The third-order valence-electron chi connectivity index (χ3n) is 6.05. The van der Waals surface area contributed by atoms with Crippen LogP contribution in [0.1, 0.15) is 44.9 Å². The van der Waals surface area contributed by atoms with Gasteiger partial charge in [0.1, 0.15) is 0 Å². The van der Waals surface area contributed by atoms with E-state index in [1.165, 1.54) is 71.1 Å². The van der Waals surface area contributed by atoms with Crippen molar-refractivity contribution in [2.24, 2.45) is 5.41 Å². The molecule has 0 aliphatic carbocycles. The molecule has 0 aromatic rings. The van der Waals surface area contributed by atoms with Crippen molar-refractivity contribution in [3.05, 3.63) is 0 Å². The lowest BCUT2D eigenvalue weighted by molar-refractivity contribution is 0.206. The van der Waals surface area contributed by atoms with Gasteiger partial charge >= 0.3 is 0 Å². The molecule has 3 fully saturated rings. The fourth-order valence-corrected chi connectivity index (χ4v) is 4.75. The van der Waals surface area contributed by atoms with Gasteiger partial charge in [0.2, 0.25) is 0 Å². The van der Waals surface area contributed by atoms with Gasteiger partial charge in [0.05, 0.1) is 0 Å². The Labute approximate surface area is 118 Å². The largest absolute Gasteiger partial charge is 0.317 e. The molecule has 3 aliphatic heterocycles. The Morgan fingerprint density at radius 1 is 1.05 bits per heavy atom. The molecule has 3 nitrogen and oxygen atoms in total. The van der Waals surface area contributed by atoms with Gasteiger partial charge in [0.15, 0.2) is 0 Å². The highest BCUT2D eigenvalue weighted by molar-refractivity contribution is 4.97. The molecule has 0 bridgehead atoms. The second-order valence-corrected chi connectivity index (χ2v) is 7.38. The molecule has 3 heterocycles. The van der Waals surface area contributed by atoms with Crippen molar-refractivity contribution < 1.29 is 0 Å². The zero-order chi connectivity index (χ0) is 13.3. The van der Waals surface area contributed by atoms with E-state index >= 15 is 0 Å². The zero-order valence-corrected chi connectivity index (χ0v) is 12.8. The molecule has 3 saturated heterocycles. The molecule has 1 spiro atoms. The van der Waals surface area contributed by atoms with Crippen LogP contribution < -0.4 is 5.32 Å². The van der Waals surface area contributed by atoms with E-state index in [1.807, 2.05) is 0 Å².